The zero-order valence-electron chi connectivity index (χ0n) is 14.6. The van der Waals surface area contributed by atoms with Crippen molar-refractivity contribution in [1.29, 1.82) is 0 Å². The first kappa shape index (κ1) is 18.6. The molecular formula is C20H17NO5S. The highest BCUT2D eigenvalue weighted by molar-refractivity contribution is 7.13. The third-order valence-corrected chi connectivity index (χ3v) is 4.58. The van der Waals surface area contributed by atoms with E-state index in [4.69, 9.17) is 14.2 Å². The first-order valence-electron chi connectivity index (χ1n) is 8.10. The van der Waals surface area contributed by atoms with Gasteiger partial charge < -0.3 is 14.2 Å². The summed E-state index contributed by atoms with van der Waals surface area (Å²) in [5.74, 6) is 0.784. The van der Waals surface area contributed by atoms with Crippen molar-refractivity contribution in [2.45, 2.75) is 6.61 Å². The van der Waals surface area contributed by atoms with Crippen LogP contribution in [0.25, 0.3) is 10.6 Å². The van der Waals surface area contributed by atoms with E-state index in [0.717, 1.165) is 22.6 Å². The van der Waals surface area contributed by atoms with Crippen LogP contribution in [0.3, 0.4) is 0 Å². The Labute approximate surface area is 160 Å². The molecule has 0 fully saturated rings. The molecule has 7 heteroatoms. The van der Waals surface area contributed by atoms with E-state index in [0.29, 0.717) is 17.0 Å². The molecule has 1 heterocycles. The van der Waals surface area contributed by atoms with Crippen molar-refractivity contribution in [2.75, 3.05) is 13.7 Å². The normalized spacial score (nSPS) is 10.3. The van der Waals surface area contributed by atoms with Gasteiger partial charge >= 0.3 is 5.97 Å². The van der Waals surface area contributed by atoms with Crippen molar-refractivity contribution >= 4 is 23.6 Å². The Bertz CT molecular complexity index is 903. The van der Waals surface area contributed by atoms with Gasteiger partial charge in [-0.2, -0.15) is 0 Å². The largest absolute Gasteiger partial charge is 0.497 e. The molecule has 1 aromatic heterocycles. The summed E-state index contributed by atoms with van der Waals surface area (Å²) in [6.07, 6.45) is 0.742. The van der Waals surface area contributed by atoms with Crippen LogP contribution in [0.15, 0.2) is 53.9 Å². The Kier molecular flexibility index (Phi) is 6.17. The summed E-state index contributed by atoms with van der Waals surface area (Å²) in [5, 5.41) is 2.70. The van der Waals surface area contributed by atoms with Crippen LogP contribution >= 0.6 is 11.3 Å². The lowest BCUT2D eigenvalue weighted by molar-refractivity contribution is -0.147. The van der Waals surface area contributed by atoms with Crippen LogP contribution in [-0.2, 0) is 16.1 Å². The van der Waals surface area contributed by atoms with Crippen LogP contribution in [0.1, 0.15) is 16.1 Å². The minimum absolute atomic E-state index is 0.0823. The van der Waals surface area contributed by atoms with E-state index in [1.165, 1.54) is 11.3 Å². The number of hydrogen-bond acceptors (Lipinski definition) is 7. The molecule has 0 radical (unpaired) electrons. The Morgan fingerprint density at radius 3 is 2.44 bits per heavy atom. The summed E-state index contributed by atoms with van der Waals surface area (Å²) in [6, 6.07) is 14.1. The highest BCUT2D eigenvalue weighted by Gasteiger charge is 2.09. The topological polar surface area (TPSA) is 74.7 Å². The maximum Gasteiger partial charge on any atom is 0.344 e. The van der Waals surface area contributed by atoms with Gasteiger partial charge in [-0.15, -0.1) is 11.3 Å². The fourth-order valence-electron chi connectivity index (χ4n) is 2.22. The number of methoxy groups -OCH3 is 1. The van der Waals surface area contributed by atoms with Crippen LogP contribution in [0.2, 0.25) is 0 Å². The molecule has 0 amide bonds. The smallest absolute Gasteiger partial charge is 0.344 e. The van der Waals surface area contributed by atoms with Crippen molar-refractivity contribution in [3.05, 3.63) is 65.2 Å². The average Bonchev–Trinajstić information content (AvgIpc) is 3.20. The molecule has 2 aromatic carbocycles. The van der Waals surface area contributed by atoms with Gasteiger partial charge in [-0.3, -0.25) is 4.79 Å². The molecule has 0 aliphatic rings. The van der Waals surface area contributed by atoms with E-state index in [1.807, 2.05) is 29.6 Å². The summed E-state index contributed by atoms with van der Waals surface area (Å²) in [5.41, 5.74) is 2.19. The van der Waals surface area contributed by atoms with Crippen LogP contribution < -0.4 is 9.47 Å². The fraction of sp³-hybridized carbons (Fsp3) is 0.150. The monoisotopic (exact) mass is 383 g/mol. The molecule has 0 saturated carbocycles. The molecule has 0 atom stereocenters. The Balaban J connectivity index is 1.48. The summed E-state index contributed by atoms with van der Waals surface area (Å²) < 4.78 is 15.7. The van der Waals surface area contributed by atoms with Gasteiger partial charge in [-0.25, -0.2) is 9.78 Å². The lowest BCUT2D eigenvalue weighted by atomic mass is 10.2. The number of rotatable bonds is 8. The number of aromatic nitrogens is 1. The number of ether oxygens (including phenoxy) is 3. The molecule has 0 spiro atoms. The first-order valence-corrected chi connectivity index (χ1v) is 8.98. The number of thiazole rings is 1. The minimum atomic E-state index is -0.492. The quantitative estimate of drug-likeness (QED) is 0.436. The molecule has 0 N–H and O–H groups in total. The van der Waals surface area contributed by atoms with Gasteiger partial charge in [0, 0.05) is 16.5 Å². The van der Waals surface area contributed by atoms with Crippen molar-refractivity contribution < 1.29 is 23.8 Å². The zero-order valence-corrected chi connectivity index (χ0v) is 15.4. The van der Waals surface area contributed by atoms with E-state index < -0.39 is 5.97 Å². The second-order valence-electron chi connectivity index (χ2n) is 5.51. The van der Waals surface area contributed by atoms with Crippen LogP contribution in [0.5, 0.6) is 11.5 Å². The van der Waals surface area contributed by atoms with Crippen LogP contribution in [0, 0.1) is 0 Å². The van der Waals surface area contributed by atoms with Gasteiger partial charge in [0.15, 0.2) is 6.61 Å². The molecule has 27 heavy (non-hydrogen) atoms. The third kappa shape index (κ3) is 5.15. The molecular weight excluding hydrogens is 366 g/mol. The highest BCUT2D eigenvalue weighted by Crippen LogP contribution is 2.26. The van der Waals surface area contributed by atoms with Gasteiger partial charge in [0.05, 0.1) is 12.8 Å². The minimum Gasteiger partial charge on any atom is -0.497 e. The molecule has 138 valence electrons. The third-order valence-electron chi connectivity index (χ3n) is 3.64. The van der Waals surface area contributed by atoms with Crippen molar-refractivity contribution in [1.82, 2.24) is 4.98 Å². The van der Waals surface area contributed by atoms with Crippen molar-refractivity contribution in [3.63, 3.8) is 0 Å². The van der Waals surface area contributed by atoms with Crippen molar-refractivity contribution in [3.8, 4) is 22.1 Å². The molecule has 0 aliphatic heterocycles. The van der Waals surface area contributed by atoms with Gasteiger partial charge in [-0.05, 0) is 48.5 Å². The van der Waals surface area contributed by atoms with E-state index in [9.17, 15) is 9.59 Å². The van der Waals surface area contributed by atoms with Crippen LogP contribution in [0.4, 0.5) is 0 Å². The second-order valence-corrected chi connectivity index (χ2v) is 6.37. The van der Waals surface area contributed by atoms with Crippen LogP contribution in [-0.4, -0.2) is 31.0 Å². The predicted octanol–water partition coefficient (Wildman–Crippen LogP) is 3.75. The predicted molar refractivity (Wildman–Crippen MR) is 101 cm³/mol. The molecule has 0 aliphatic carbocycles. The molecule has 0 bridgehead atoms. The SMILES string of the molecule is COc1ccc(-c2nc(COC(=O)COc3ccc(C=O)cc3)cs2)cc1. The molecule has 6 nitrogen and oxygen atoms in total. The lowest BCUT2D eigenvalue weighted by Crippen LogP contribution is -2.14. The Morgan fingerprint density at radius 1 is 1.07 bits per heavy atom. The van der Waals surface area contributed by atoms with E-state index in [-0.39, 0.29) is 13.2 Å². The number of carbonyl (C=O) groups is 2. The summed E-state index contributed by atoms with van der Waals surface area (Å²) in [6.45, 7) is -0.130. The summed E-state index contributed by atoms with van der Waals surface area (Å²) in [7, 11) is 1.62. The van der Waals surface area contributed by atoms with Gasteiger partial charge in [0.1, 0.15) is 29.4 Å². The zero-order chi connectivity index (χ0) is 19.1. The number of aldehydes is 1. The average molecular weight is 383 g/mol. The molecule has 0 saturated heterocycles. The maximum absolute atomic E-state index is 11.8. The number of carbonyl (C=O) groups excluding carboxylic acids is 2. The second kappa shape index (κ2) is 8.95. The van der Waals surface area contributed by atoms with E-state index in [2.05, 4.69) is 4.98 Å². The molecule has 3 rings (SSSR count). The Morgan fingerprint density at radius 2 is 1.78 bits per heavy atom. The highest BCUT2D eigenvalue weighted by atomic mass is 32.1. The van der Waals surface area contributed by atoms with E-state index >= 15 is 0 Å². The first-order chi connectivity index (χ1) is 13.2. The van der Waals surface area contributed by atoms with E-state index in [1.54, 1.807) is 31.4 Å². The number of benzene rings is 2. The summed E-state index contributed by atoms with van der Waals surface area (Å²) in [4.78, 5) is 26.9. The van der Waals surface area contributed by atoms with Gasteiger partial charge in [0.25, 0.3) is 0 Å². The fourth-order valence-corrected chi connectivity index (χ4v) is 3.03. The summed E-state index contributed by atoms with van der Waals surface area (Å²) >= 11 is 1.48. The number of hydrogen-bond donors (Lipinski definition) is 0. The van der Waals surface area contributed by atoms with Crippen molar-refractivity contribution in [2.24, 2.45) is 0 Å². The number of esters is 1. The van der Waals surface area contributed by atoms with Gasteiger partial charge in [0.2, 0.25) is 0 Å². The molecule has 0 unspecified atom stereocenters. The number of nitrogens with zero attached hydrogens (tertiary/aromatic N) is 1. The lowest BCUT2D eigenvalue weighted by Gasteiger charge is -2.06. The standard InChI is InChI=1S/C20H17NO5S/c1-24-17-8-4-15(5-9-17)20-21-16(13-27-20)11-26-19(23)12-25-18-6-2-14(10-22)3-7-18/h2-10,13H,11-12H2,1H3. The molecule has 3 aromatic rings. The van der Waals surface area contributed by atoms with Gasteiger partial charge in [-0.1, -0.05) is 0 Å². The maximum atomic E-state index is 11.8. The Hall–Kier alpha value is -3.19.